The fourth-order valence-corrected chi connectivity index (χ4v) is 1.97. The number of hydrogen-bond donors (Lipinski definition) is 1. The minimum Gasteiger partial charge on any atom is -0.322 e. The Morgan fingerprint density at radius 2 is 1.50 bits per heavy atom. The second-order valence-corrected chi connectivity index (χ2v) is 6.81. The van der Waals surface area contributed by atoms with E-state index in [1.54, 1.807) is 12.1 Å². The summed E-state index contributed by atoms with van der Waals surface area (Å²) in [6, 6.07) is 7.03. The summed E-state index contributed by atoms with van der Waals surface area (Å²) < 4.78 is 39.2. The number of carbonyl (C=O) groups is 1. The summed E-state index contributed by atoms with van der Waals surface area (Å²) in [6.07, 6.45) is -4.69. The van der Waals surface area contributed by atoms with Gasteiger partial charge in [0.25, 0.3) is 5.91 Å². The number of hydrogen-bond acceptors (Lipinski definition) is 2. The molecule has 0 heterocycles. The number of nitrogens with zero attached hydrogens (tertiary/aromatic N) is 1. The maximum absolute atomic E-state index is 13.1. The predicted octanol–water partition coefficient (Wildman–Crippen LogP) is 5.24. The van der Waals surface area contributed by atoms with Crippen LogP contribution in [0.5, 0.6) is 0 Å². The molecule has 1 rings (SSSR count). The molecule has 0 aliphatic carbocycles. The summed E-state index contributed by atoms with van der Waals surface area (Å²) in [7, 11) is 0. The number of anilines is 1. The normalized spacial score (nSPS) is 13.2. The molecule has 0 unspecified atom stereocenters. The number of benzene rings is 1. The first-order valence-electron chi connectivity index (χ1n) is 7.54. The third-order valence-corrected chi connectivity index (χ3v) is 3.31. The fourth-order valence-electron chi connectivity index (χ4n) is 1.97. The molecule has 0 aliphatic heterocycles. The molecule has 0 bridgehead atoms. The molecule has 0 spiro atoms. The standard InChI is InChI=1S/C18H23F3N2O/c1-11(2)22-15(18(19,20)21)12(3)16(24)23-14-9-7-13(8-10-14)17(4,5)6/h7-10H,1-6H3,(H,23,24)/b15-12+. The molecule has 0 saturated carbocycles. The molecule has 1 aromatic carbocycles. The first kappa shape index (κ1) is 19.9. The highest BCUT2D eigenvalue weighted by Crippen LogP contribution is 2.30. The van der Waals surface area contributed by atoms with E-state index in [9.17, 15) is 18.0 Å². The molecule has 132 valence electrons. The molecular weight excluding hydrogens is 317 g/mol. The van der Waals surface area contributed by atoms with Crippen molar-refractivity contribution in [1.82, 2.24) is 0 Å². The number of amides is 1. The van der Waals surface area contributed by atoms with Crippen molar-refractivity contribution in [3.63, 3.8) is 0 Å². The lowest BCUT2D eigenvalue weighted by Crippen LogP contribution is -2.21. The Morgan fingerprint density at radius 3 is 1.88 bits per heavy atom. The largest absolute Gasteiger partial charge is 0.433 e. The molecule has 1 amide bonds. The van der Waals surface area contributed by atoms with Gasteiger partial charge in [-0.15, -0.1) is 0 Å². The highest BCUT2D eigenvalue weighted by molar-refractivity contribution is 6.04. The van der Waals surface area contributed by atoms with Gasteiger partial charge in [0.2, 0.25) is 0 Å². The number of nitrogens with one attached hydrogen (secondary N) is 1. The van der Waals surface area contributed by atoms with Crippen LogP contribution in [-0.4, -0.2) is 17.8 Å². The molecule has 0 radical (unpaired) electrons. The second kappa shape index (κ2) is 7.20. The molecule has 1 N–H and O–H groups in total. The van der Waals surface area contributed by atoms with E-state index in [1.165, 1.54) is 13.8 Å². The Labute approximate surface area is 140 Å². The van der Waals surface area contributed by atoms with Crippen molar-refractivity contribution >= 4 is 17.3 Å². The lowest BCUT2D eigenvalue weighted by molar-refractivity contribution is -0.115. The first-order valence-corrected chi connectivity index (χ1v) is 7.54. The molecule has 3 nitrogen and oxygen atoms in total. The second-order valence-electron chi connectivity index (χ2n) is 6.81. The minimum atomic E-state index is -4.69. The van der Waals surface area contributed by atoms with Crippen LogP contribution in [0.3, 0.4) is 0 Å². The number of alkyl halides is 3. The molecule has 6 heteroatoms. The van der Waals surface area contributed by atoms with Crippen LogP contribution < -0.4 is 5.32 Å². The van der Waals surface area contributed by atoms with Crippen molar-refractivity contribution in [2.75, 3.05) is 5.32 Å². The SMILES string of the molecule is CC(C)=N/C(=C(\C)C(=O)Nc1ccc(C(C)(C)C)cc1)C(F)(F)F. The smallest absolute Gasteiger partial charge is 0.322 e. The van der Waals surface area contributed by atoms with Gasteiger partial charge in [0, 0.05) is 17.0 Å². The zero-order valence-electron chi connectivity index (χ0n) is 14.8. The van der Waals surface area contributed by atoms with Gasteiger partial charge in [0.15, 0.2) is 5.70 Å². The van der Waals surface area contributed by atoms with Crippen molar-refractivity contribution in [1.29, 1.82) is 0 Å². The molecule has 1 aromatic rings. The number of allylic oxidation sites excluding steroid dienone is 1. The maximum Gasteiger partial charge on any atom is 0.433 e. The molecule has 0 atom stereocenters. The van der Waals surface area contributed by atoms with Gasteiger partial charge < -0.3 is 5.32 Å². The van der Waals surface area contributed by atoms with Crippen LogP contribution in [0.2, 0.25) is 0 Å². The van der Waals surface area contributed by atoms with Gasteiger partial charge in [0.05, 0.1) is 0 Å². The van der Waals surface area contributed by atoms with Gasteiger partial charge >= 0.3 is 6.18 Å². The number of halogens is 3. The van der Waals surface area contributed by atoms with Crippen LogP contribution in [-0.2, 0) is 10.2 Å². The van der Waals surface area contributed by atoms with E-state index in [2.05, 4.69) is 10.3 Å². The highest BCUT2D eigenvalue weighted by atomic mass is 19.4. The molecule has 0 fully saturated rings. The molecule has 0 saturated heterocycles. The molecule has 0 aromatic heterocycles. The van der Waals surface area contributed by atoms with Crippen molar-refractivity contribution in [3.8, 4) is 0 Å². The Kier molecular flexibility index (Phi) is 5.98. The Hall–Kier alpha value is -2.11. The topological polar surface area (TPSA) is 41.5 Å². The Bertz CT molecular complexity index is 659. The van der Waals surface area contributed by atoms with E-state index >= 15 is 0 Å². The number of aliphatic imine (C=N–C) groups is 1. The van der Waals surface area contributed by atoms with Crippen LogP contribution in [0.25, 0.3) is 0 Å². The predicted molar refractivity (Wildman–Crippen MR) is 91.3 cm³/mol. The fraction of sp³-hybridized carbons (Fsp3) is 0.444. The van der Waals surface area contributed by atoms with Gasteiger partial charge in [0.1, 0.15) is 0 Å². The van der Waals surface area contributed by atoms with Gasteiger partial charge in [-0.2, -0.15) is 13.2 Å². The molecule has 24 heavy (non-hydrogen) atoms. The zero-order valence-corrected chi connectivity index (χ0v) is 14.8. The monoisotopic (exact) mass is 340 g/mol. The van der Waals surface area contributed by atoms with E-state index in [1.807, 2.05) is 32.9 Å². The van der Waals surface area contributed by atoms with Crippen LogP contribution >= 0.6 is 0 Å². The highest BCUT2D eigenvalue weighted by Gasteiger charge is 2.37. The average Bonchev–Trinajstić information content (AvgIpc) is 2.42. The van der Waals surface area contributed by atoms with Crippen molar-refractivity contribution in [2.45, 2.75) is 53.1 Å². The van der Waals surface area contributed by atoms with Crippen molar-refractivity contribution < 1.29 is 18.0 Å². The van der Waals surface area contributed by atoms with Crippen molar-refractivity contribution in [3.05, 3.63) is 41.1 Å². The van der Waals surface area contributed by atoms with E-state index < -0.39 is 23.4 Å². The first-order chi connectivity index (χ1) is 10.8. The number of rotatable bonds is 3. The van der Waals surface area contributed by atoms with Crippen molar-refractivity contribution in [2.24, 2.45) is 4.99 Å². The summed E-state index contributed by atoms with van der Waals surface area (Å²) in [5.41, 5.74) is 0.0368. The number of carbonyl (C=O) groups excluding carboxylic acids is 1. The summed E-state index contributed by atoms with van der Waals surface area (Å²) in [5.74, 6) is -0.823. The minimum absolute atomic E-state index is 0.0464. The summed E-state index contributed by atoms with van der Waals surface area (Å²) >= 11 is 0. The lowest BCUT2D eigenvalue weighted by atomic mass is 9.87. The quantitative estimate of drug-likeness (QED) is 0.593. The Balaban J connectivity index is 3.08. The summed E-state index contributed by atoms with van der Waals surface area (Å²) in [5, 5.41) is 2.48. The van der Waals surface area contributed by atoms with Crippen LogP contribution in [0.1, 0.15) is 47.1 Å². The maximum atomic E-state index is 13.1. The lowest BCUT2D eigenvalue weighted by Gasteiger charge is -2.19. The van der Waals surface area contributed by atoms with Gasteiger partial charge in [-0.25, -0.2) is 0 Å². The Morgan fingerprint density at radius 1 is 1.00 bits per heavy atom. The molecule has 0 aliphatic rings. The molecular formula is C18H23F3N2O. The van der Waals surface area contributed by atoms with Gasteiger partial charge in [-0.05, 0) is 43.9 Å². The van der Waals surface area contributed by atoms with Gasteiger partial charge in [-0.3, -0.25) is 9.79 Å². The van der Waals surface area contributed by atoms with E-state index in [4.69, 9.17) is 0 Å². The van der Waals surface area contributed by atoms with E-state index in [-0.39, 0.29) is 11.1 Å². The van der Waals surface area contributed by atoms with Gasteiger partial charge in [-0.1, -0.05) is 32.9 Å². The summed E-state index contributed by atoms with van der Waals surface area (Å²) in [6.45, 7) is 10.2. The van der Waals surface area contributed by atoms with Crippen LogP contribution in [0.15, 0.2) is 40.5 Å². The third kappa shape index (κ3) is 5.51. The zero-order chi connectivity index (χ0) is 18.7. The van der Waals surface area contributed by atoms with E-state index in [0.717, 1.165) is 12.5 Å². The summed E-state index contributed by atoms with van der Waals surface area (Å²) in [4.78, 5) is 15.6. The van der Waals surface area contributed by atoms with Crippen LogP contribution in [0, 0.1) is 0 Å². The van der Waals surface area contributed by atoms with E-state index in [0.29, 0.717) is 5.69 Å². The van der Waals surface area contributed by atoms with Crippen LogP contribution in [0.4, 0.5) is 18.9 Å². The average molecular weight is 340 g/mol. The third-order valence-electron chi connectivity index (χ3n) is 3.31.